The van der Waals surface area contributed by atoms with Crippen LogP contribution in [0.2, 0.25) is 0 Å². The first-order valence-corrected chi connectivity index (χ1v) is 8.51. The van der Waals surface area contributed by atoms with Gasteiger partial charge in [-0.15, -0.1) is 0 Å². The molecule has 1 atom stereocenters. The molecule has 0 bridgehead atoms. The molecule has 0 aromatic heterocycles. The van der Waals surface area contributed by atoms with E-state index in [4.69, 9.17) is 4.74 Å². The lowest BCUT2D eigenvalue weighted by Crippen LogP contribution is -2.57. The normalized spacial score (nSPS) is 19.2. The standard InChI is InChI=1S/C14H17FN2O5S/c1-2-22-13(18)9-12-14(19)16-7-8-17(12)23(20,21)11-5-3-10(15)4-6-11/h3-6,12H,2,7-9H2,1H3,(H,16,19)/t12-/m0/s1. The predicted octanol–water partition coefficient (Wildman–Crippen LogP) is 0.268. The van der Waals surface area contributed by atoms with Gasteiger partial charge < -0.3 is 10.1 Å². The largest absolute Gasteiger partial charge is 0.466 e. The van der Waals surface area contributed by atoms with Crippen LogP contribution < -0.4 is 5.32 Å². The fourth-order valence-electron chi connectivity index (χ4n) is 2.30. The zero-order chi connectivity index (χ0) is 17.0. The lowest BCUT2D eigenvalue weighted by atomic mass is 10.1. The van der Waals surface area contributed by atoms with Crippen LogP contribution in [0.3, 0.4) is 0 Å². The van der Waals surface area contributed by atoms with E-state index < -0.39 is 33.8 Å². The minimum atomic E-state index is -4.02. The molecule has 7 nitrogen and oxygen atoms in total. The van der Waals surface area contributed by atoms with Crippen molar-refractivity contribution in [3.63, 3.8) is 0 Å². The molecule has 1 aromatic rings. The van der Waals surface area contributed by atoms with Crippen molar-refractivity contribution in [1.29, 1.82) is 0 Å². The fraction of sp³-hybridized carbons (Fsp3) is 0.429. The molecule has 0 radical (unpaired) electrons. The van der Waals surface area contributed by atoms with Crippen LogP contribution in [-0.2, 0) is 24.3 Å². The molecule has 2 rings (SSSR count). The van der Waals surface area contributed by atoms with Gasteiger partial charge in [0.05, 0.1) is 17.9 Å². The summed E-state index contributed by atoms with van der Waals surface area (Å²) >= 11 is 0. The topological polar surface area (TPSA) is 92.8 Å². The van der Waals surface area contributed by atoms with Crippen molar-refractivity contribution in [2.45, 2.75) is 24.3 Å². The van der Waals surface area contributed by atoms with Gasteiger partial charge in [-0.05, 0) is 31.2 Å². The van der Waals surface area contributed by atoms with Crippen LogP contribution in [0.15, 0.2) is 29.2 Å². The van der Waals surface area contributed by atoms with Gasteiger partial charge >= 0.3 is 5.97 Å². The second-order valence-electron chi connectivity index (χ2n) is 4.89. The first-order chi connectivity index (χ1) is 10.9. The molecular weight excluding hydrogens is 327 g/mol. The lowest BCUT2D eigenvalue weighted by Gasteiger charge is -2.33. The van der Waals surface area contributed by atoms with Gasteiger partial charge in [0.15, 0.2) is 0 Å². The number of ether oxygens (including phenoxy) is 1. The van der Waals surface area contributed by atoms with Crippen molar-refractivity contribution in [3.8, 4) is 0 Å². The van der Waals surface area contributed by atoms with Gasteiger partial charge in [-0.1, -0.05) is 0 Å². The van der Waals surface area contributed by atoms with Gasteiger partial charge in [0.2, 0.25) is 15.9 Å². The summed E-state index contributed by atoms with van der Waals surface area (Å²) in [5.41, 5.74) is 0. The first-order valence-electron chi connectivity index (χ1n) is 7.07. The Morgan fingerprint density at radius 3 is 2.65 bits per heavy atom. The van der Waals surface area contributed by atoms with Gasteiger partial charge in [-0.2, -0.15) is 4.31 Å². The van der Waals surface area contributed by atoms with E-state index in [2.05, 4.69) is 5.32 Å². The third-order valence-electron chi connectivity index (χ3n) is 3.37. The Morgan fingerprint density at radius 1 is 1.39 bits per heavy atom. The summed E-state index contributed by atoms with van der Waals surface area (Å²) in [6, 6.07) is 3.11. The molecule has 0 aliphatic carbocycles. The molecule has 1 heterocycles. The smallest absolute Gasteiger partial charge is 0.307 e. The average molecular weight is 344 g/mol. The lowest BCUT2D eigenvalue weighted by molar-refractivity contribution is -0.146. The maximum absolute atomic E-state index is 13.0. The molecule has 23 heavy (non-hydrogen) atoms. The van der Waals surface area contributed by atoms with Crippen LogP contribution in [-0.4, -0.2) is 50.3 Å². The second-order valence-corrected chi connectivity index (χ2v) is 6.78. The number of sulfonamides is 1. The van der Waals surface area contributed by atoms with Gasteiger partial charge in [-0.25, -0.2) is 12.8 Å². The molecule has 1 aliphatic heterocycles. The van der Waals surface area contributed by atoms with E-state index in [0.29, 0.717) is 0 Å². The molecule has 0 spiro atoms. The Balaban J connectivity index is 2.30. The Labute approximate surface area is 133 Å². The van der Waals surface area contributed by atoms with E-state index in [1.165, 1.54) is 0 Å². The minimum Gasteiger partial charge on any atom is -0.466 e. The van der Waals surface area contributed by atoms with Crippen LogP contribution >= 0.6 is 0 Å². The van der Waals surface area contributed by atoms with Crippen molar-refractivity contribution in [1.82, 2.24) is 9.62 Å². The number of halogens is 1. The van der Waals surface area contributed by atoms with Crippen molar-refractivity contribution in [2.75, 3.05) is 19.7 Å². The highest BCUT2D eigenvalue weighted by Crippen LogP contribution is 2.22. The zero-order valence-electron chi connectivity index (χ0n) is 12.5. The number of nitrogens with zero attached hydrogens (tertiary/aromatic N) is 1. The summed E-state index contributed by atoms with van der Waals surface area (Å²) in [5, 5.41) is 2.53. The summed E-state index contributed by atoms with van der Waals surface area (Å²) in [6.45, 7) is 1.91. The van der Waals surface area contributed by atoms with Gasteiger partial charge in [0.1, 0.15) is 11.9 Å². The molecule has 0 saturated carbocycles. The molecule has 1 saturated heterocycles. The number of amides is 1. The Kier molecular flexibility index (Phi) is 5.32. The number of hydrogen-bond donors (Lipinski definition) is 1. The second kappa shape index (κ2) is 7.05. The average Bonchev–Trinajstić information content (AvgIpc) is 2.50. The monoisotopic (exact) mass is 344 g/mol. The zero-order valence-corrected chi connectivity index (χ0v) is 13.3. The Morgan fingerprint density at radius 2 is 2.04 bits per heavy atom. The summed E-state index contributed by atoms with van der Waals surface area (Å²) in [4.78, 5) is 23.5. The van der Waals surface area contributed by atoms with E-state index in [-0.39, 0.29) is 31.0 Å². The number of nitrogens with one attached hydrogen (secondary N) is 1. The maximum Gasteiger partial charge on any atom is 0.307 e. The third kappa shape index (κ3) is 3.85. The quantitative estimate of drug-likeness (QED) is 0.774. The minimum absolute atomic E-state index is 0.0233. The number of piperazine rings is 1. The van der Waals surface area contributed by atoms with Crippen molar-refractivity contribution < 1.29 is 27.1 Å². The molecule has 9 heteroatoms. The van der Waals surface area contributed by atoms with E-state index in [0.717, 1.165) is 28.6 Å². The molecule has 1 aliphatic rings. The molecule has 0 unspecified atom stereocenters. The van der Waals surface area contributed by atoms with Gasteiger partial charge in [0, 0.05) is 13.1 Å². The number of rotatable bonds is 5. The number of hydrogen-bond acceptors (Lipinski definition) is 5. The van der Waals surface area contributed by atoms with Crippen molar-refractivity contribution in [3.05, 3.63) is 30.1 Å². The van der Waals surface area contributed by atoms with Gasteiger partial charge in [0.25, 0.3) is 0 Å². The summed E-state index contributed by atoms with van der Waals surface area (Å²) in [7, 11) is -4.02. The van der Waals surface area contributed by atoms with Crippen molar-refractivity contribution in [2.24, 2.45) is 0 Å². The van der Waals surface area contributed by atoms with E-state index >= 15 is 0 Å². The third-order valence-corrected chi connectivity index (χ3v) is 5.29. The summed E-state index contributed by atoms with van der Waals surface area (Å²) < 4.78 is 44.0. The number of carbonyl (C=O) groups is 2. The molecule has 1 N–H and O–H groups in total. The Hall–Kier alpha value is -2.00. The number of benzene rings is 1. The summed E-state index contributed by atoms with van der Waals surface area (Å²) in [5.74, 6) is -1.78. The van der Waals surface area contributed by atoms with E-state index in [9.17, 15) is 22.4 Å². The molecule has 1 amide bonds. The van der Waals surface area contributed by atoms with E-state index in [1.54, 1.807) is 6.92 Å². The van der Waals surface area contributed by atoms with Gasteiger partial charge in [-0.3, -0.25) is 9.59 Å². The van der Waals surface area contributed by atoms with Crippen LogP contribution in [0.1, 0.15) is 13.3 Å². The fourth-order valence-corrected chi connectivity index (χ4v) is 3.88. The van der Waals surface area contributed by atoms with E-state index in [1.807, 2.05) is 0 Å². The molecule has 1 fully saturated rings. The number of carbonyl (C=O) groups excluding carboxylic acids is 2. The molecule has 126 valence electrons. The van der Waals surface area contributed by atoms with Crippen molar-refractivity contribution >= 4 is 21.9 Å². The maximum atomic E-state index is 13.0. The highest BCUT2D eigenvalue weighted by molar-refractivity contribution is 7.89. The SMILES string of the molecule is CCOC(=O)C[C@H]1C(=O)NCCN1S(=O)(=O)c1ccc(F)cc1. The van der Waals surface area contributed by atoms with Crippen LogP contribution in [0.5, 0.6) is 0 Å². The number of esters is 1. The summed E-state index contributed by atoms with van der Waals surface area (Å²) in [6.07, 6.45) is -0.375. The Bertz CT molecular complexity index is 690. The predicted molar refractivity (Wildman–Crippen MR) is 78.3 cm³/mol. The highest BCUT2D eigenvalue weighted by atomic mass is 32.2. The van der Waals surface area contributed by atoms with Crippen LogP contribution in [0.4, 0.5) is 4.39 Å². The highest BCUT2D eigenvalue weighted by Gasteiger charge is 2.39. The molecule has 1 aromatic carbocycles. The van der Waals surface area contributed by atoms with Crippen LogP contribution in [0.25, 0.3) is 0 Å². The molecular formula is C14H17FN2O5S. The van der Waals surface area contributed by atoms with Crippen LogP contribution in [0, 0.1) is 5.82 Å². The first kappa shape index (κ1) is 17.4.